The summed E-state index contributed by atoms with van der Waals surface area (Å²) < 4.78 is 26.1. The molecule has 3 rings (SSSR count). The number of hydrogen-bond acceptors (Lipinski definition) is 4. The molecule has 6 heteroatoms. The lowest BCUT2D eigenvalue weighted by atomic mass is 10.2. The first-order valence-electron chi connectivity index (χ1n) is 6.20. The van der Waals surface area contributed by atoms with E-state index in [-0.39, 0.29) is 0 Å². The van der Waals surface area contributed by atoms with Crippen LogP contribution in [0.1, 0.15) is 0 Å². The van der Waals surface area contributed by atoms with Crippen LogP contribution in [0.4, 0.5) is 19.6 Å². The van der Waals surface area contributed by atoms with Gasteiger partial charge < -0.3 is 0 Å². The van der Waals surface area contributed by atoms with E-state index in [9.17, 15) is 8.78 Å². The number of thiazole rings is 1. The minimum Gasteiger partial charge on any atom is -0.299 e. The van der Waals surface area contributed by atoms with E-state index < -0.39 is 11.6 Å². The number of hydrogen-bond donors (Lipinski definition) is 2. The normalized spacial score (nSPS) is 10.4. The van der Waals surface area contributed by atoms with Crippen LogP contribution in [0.25, 0.3) is 11.3 Å². The molecule has 1 heterocycles. The second-order valence-electron chi connectivity index (χ2n) is 4.28. The molecule has 3 aromatic rings. The molecule has 0 radical (unpaired) electrons. The number of halogens is 2. The highest BCUT2D eigenvalue weighted by Gasteiger charge is 2.08. The fourth-order valence-electron chi connectivity index (χ4n) is 1.77. The lowest BCUT2D eigenvalue weighted by Crippen LogP contribution is -2.07. The summed E-state index contributed by atoms with van der Waals surface area (Å²) in [5, 5.41) is 2.42. The molecule has 0 atom stereocenters. The van der Waals surface area contributed by atoms with Crippen LogP contribution in [-0.4, -0.2) is 4.98 Å². The summed E-state index contributed by atoms with van der Waals surface area (Å²) in [6.45, 7) is 0. The molecule has 3 nitrogen and oxygen atoms in total. The van der Waals surface area contributed by atoms with Gasteiger partial charge in [0, 0.05) is 10.9 Å². The van der Waals surface area contributed by atoms with Crippen molar-refractivity contribution in [3.63, 3.8) is 0 Å². The molecule has 0 aliphatic carbocycles. The Kier molecular flexibility index (Phi) is 3.79. The molecular formula is C15H11F2N3S. The van der Waals surface area contributed by atoms with E-state index in [2.05, 4.69) is 15.8 Å². The largest absolute Gasteiger partial charge is 0.299 e. The Morgan fingerprint density at radius 2 is 1.71 bits per heavy atom. The minimum absolute atomic E-state index is 0.540. The summed E-state index contributed by atoms with van der Waals surface area (Å²) in [5.74, 6) is -1.74. The highest BCUT2D eigenvalue weighted by molar-refractivity contribution is 7.14. The number of nitrogens with zero attached hydrogens (tertiary/aromatic N) is 1. The van der Waals surface area contributed by atoms with E-state index in [1.807, 2.05) is 30.3 Å². The predicted molar refractivity (Wildman–Crippen MR) is 81.2 cm³/mol. The Labute approximate surface area is 124 Å². The van der Waals surface area contributed by atoms with E-state index in [0.29, 0.717) is 16.4 Å². The Hall–Kier alpha value is -2.47. The summed E-state index contributed by atoms with van der Waals surface area (Å²) in [6.07, 6.45) is 0. The second-order valence-corrected chi connectivity index (χ2v) is 5.14. The first-order chi connectivity index (χ1) is 10.2. The van der Waals surface area contributed by atoms with Crippen molar-refractivity contribution in [2.75, 3.05) is 10.9 Å². The molecule has 0 unspecified atom stereocenters. The van der Waals surface area contributed by atoms with Crippen molar-refractivity contribution in [2.24, 2.45) is 0 Å². The van der Waals surface area contributed by atoms with E-state index in [1.165, 1.54) is 17.4 Å². The van der Waals surface area contributed by atoms with Gasteiger partial charge in [0.25, 0.3) is 0 Å². The van der Waals surface area contributed by atoms with Crippen LogP contribution in [0.15, 0.2) is 53.9 Å². The molecule has 2 aromatic carbocycles. The molecule has 0 saturated heterocycles. The highest BCUT2D eigenvalue weighted by Crippen LogP contribution is 2.26. The van der Waals surface area contributed by atoms with E-state index in [0.717, 1.165) is 17.8 Å². The third kappa shape index (κ3) is 3.17. The van der Waals surface area contributed by atoms with Crippen molar-refractivity contribution in [3.8, 4) is 11.3 Å². The van der Waals surface area contributed by atoms with Gasteiger partial charge in [-0.25, -0.2) is 13.8 Å². The van der Waals surface area contributed by atoms with Gasteiger partial charge in [0.15, 0.2) is 11.6 Å². The standard InChI is InChI=1S/C15H11F2N3S/c16-12-7-6-10(8-13(12)17)14-9-21-15(18-14)20-19-11-4-2-1-3-5-11/h1-9,19H,(H,18,20). The molecule has 0 amide bonds. The summed E-state index contributed by atoms with van der Waals surface area (Å²) >= 11 is 1.37. The lowest BCUT2D eigenvalue weighted by Gasteiger charge is -2.05. The van der Waals surface area contributed by atoms with E-state index in [1.54, 1.807) is 5.38 Å². The molecule has 0 spiro atoms. The smallest absolute Gasteiger partial charge is 0.202 e. The molecule has 0 aliphatic rings. The molecule has 21 heavy (non-hydrogen) atoms. The number of aromatic nitrogens is 1. The fourth-order valence-corrected chi connectivity index (χ4v) is 2.44. The van der Waals surface area contributed by atoms with Crippen LogP contribution in [0.2, 0.25) is 0 Å². The first-order valence-corrected chi connectivity index (χ1v) is 7.08. The van der Waals surface area contributed by atoms with E-state index >= 15 is 0 Å². The number of para-hydroxylation sites is 1. The van der Waals surface area contributed by atoms with Crippen molar-refractivity contribution in [2.45, 2.75) is 0 Å². The summed E-state index contributed by atoms with van der Waals surface area (Å²) in [7, 11) is 0. The number of anilines is 2. The van der Waals surface area contributed by atoms with Gasteiger partial charge in [-0.05, 0) is 30.3 Å². The zero-order chi connectivity index (χ0) is 14.7. The molecule has 1 aromatic heterocycles. The second kappa shape index (κ2) is 5.88. The molecule has 106 valence electrons. The van der Waals surface area contributed by atoms with Gasteiger partial charge in [-0.2, -0.15) is 0 Å². The highest BCUT2D eigenvalue weighted by atomic mass is 32.1. The molecular weight excluding hydrogens is 292 g/mol. The monoisotopic (exact) mass is 303 g/mol. The topological polar surface area (TPSA) is 37.0 Å². The van der Waals surface area contributed by atoms with Gasteiger partial charge in [0.1, 0.15) is 0 Å². The predicted octanol–water partition coefficient (Wildman–Crippen LogP) is 4.53. The van der Waals surface area contributed by atoms with Gasteiger partial charge in [0.2, 0.25) is 5.13 Å². The first kappa shape index (κ1) is 13.5. The quantitative estimate of drug-likeness (QED) is 0.695. The third-order valence-corrected chi connectivity index (χ3v) is 3.56. The molecule has 0 saturated carbocycles. The summed E-state index contributed by atoms with van der Waals surface area (Å²) in [4.78, 5) is 4.32. The van der Waals surface area contributed by atoms with Crippen LogP contribution >= 0.6 is 11.3 Å². The zero-order valence-corrected chi connectivity index (χ0v) is 11.6. The average Bonchev–Trinajstić information content (AvgIpc) is 2.98. The maximum Gasteiger partial charge on any atom is 0.202 e. The molecule has 0 bridgehead atoms. The third-order valence-electron chi connectivity index (χ3n) is 2.81. The average molecular weight is 303 g/mol. The van der Waals surface area contributed by atoms with Crippen molar-refractivity contribution < 1.29 is 8.78 Å². The number of nitrogens with one attached hydrogen (secondary N) is 2. The maximum atomic E-state index is 13.2. The Bertz CT molecular complexity index is 744. The van der Waals surface area contributed by atoms with Gasteiger partial charge >= 0.3 is 0 Å². The number of rotatable bonds is 4. The van der Waals surface area contributed by atoms with Gasteiger partial charge in [-0.1, -0.05) is 18.2 Å². The number of benzene rings is 2. The Balaban J connectivity index is 1.72. The van der Waals surface area contributed by atoms with Crippen LogP contribution < -0.4 is 10.9 Å². The van der Waals surface area contributed by atoms with Crippen molar-refractivity contribution >= 4 is 22.2 Å². The lowest BCUT2D eigenvalue weighted by molar-refractivity contribution is 0.509. The fraction of sp³-hybridized carbons (Fsp3) is 0. The van der Waals surface area contributed by atoms with Gasteiger partial charge in [-0.15, -0.1) is 11.3 Å². The van der Waals surface area contributed by atoms with Crippen molar-refractivity contribution in [3.05, 3.63) is 65.5 Å². The van der Waals surface area contributed by atoms with Gasteiger partial charge in [-0.3, -0.25) is 10.9 Å². The van der Waals surface area contributed by atoms with Crippen molar-refractivity contribution in [1.82, 2.24) is 4.98 Å². The van der Waals surface area contributed by atoms with Crippen molar-refractivity contribution in [1.29, 1.82) is 0 Å². The van der Waals surface area contributed by atoms with Gasteiger partial charge in [0.05, 0.1) is 11.4 Å². The van der Waals surface area contributed by atoms with E-state index in [4.69, 9.17) is 0 Å². The van der Waals surface area contributed by atoms with Crippen LogP contribution in [0.5, 0.6) is 0 Å². The molecule has 2 N–H and O–H groups in total. The number of hydrazine groups is 1. The van der Waals surface area contributed by atoms with Crippen LogP contribution in [0, 0.1) is 11.6 Å². The summed E-state index contributed by atoms with van der Waals surface area (Å²) in [6, 6.07) is 13.3. The van der Waals surface area contributed by atoms with Crippen LogP contribution in [0.3, 0.4) is 0 Å². The molecule has 0 fully saturated rings. The van der Waals surface area contributed by atoms with Crippen LogP contribution in [-0.2, 0) is 0 Å². The Morgan fingerprint density at radius 3 is 2.48 bits per heavy atom. The Morgan fingerprint density at radius 1 is 0.905 bits per heavy atom. The molecule has 0 aliphatic heterocycles. The zero-order valence-electron chi connectivity index (χ0n) is 10.8. The summed E-state index contributed by atoms with van der Waals surface area (Å²) in [5.41, 5.74) is 8.01. The minimum atomic E-state index is -0.877. The SMILES string of the molecule is Fc1ccc(-c2csc(NNc3ccccc3)n2)cc1F. The maximum absolute atomic E-state index is 13.2.